The zero-order valence-electron chi connectivity index (χ0n) is 12.7. The molecule has 0 spiro atoms. The van der Waals surface area contributed by atoms with Gasteiger partial charge in [-0.1, -0.05) is 0 Å². The molecule has 0 heterocycles. The van der Waals surface area contributed by atoms with E-state index in [9.17, 15) is 4.79 Å². The number of carbonyl (C=O) groups excluding carboxylic acids is 1. The molecule has 0 unspecified atom stereocenters. The van der Waals surface area contributed by atoms with Gasteiger partial charge in [0.2, 0.25) is 5.91 Å². The fourth-order valence-electron chi connectivity index (χ4n) is 1.97. The topological polar surface area (TPSA) is 44.8 Å². The van der Waals surface area contributed by atoms with Crippen molar-refractivity contribution in [1.29, 1.82) is 0 Å². The van der Waals surface area contributed by atoms with Crippen molar-refractivity contribution in [3.05, 3.63) is 0 Å². The van der Waals surface area contributed by atoms with E-state index in [1.807, 2.05) is 4.90 Å². The second-order valence-electron chi connectivity index (χ2n) is 5.51. The molecule has 1 aliphatic carbocycles. The first kappa shape index (κ1) is 16.4. The number of amides is 1. The van der Waals surface area contributed by atoms with Gasteiger partial charge in [0.1, 0.15) is 0 Å². The summed E-state index contributed by atoms with van der Waals surface area (Å²) in [5.74, 6) is 0.240. The summed E-state index contributed by atoms with van der Waals surface area (Å²) in [6.07, 6.45) is 4.15. The van der Waals surface area contributed by atoms with Gasteiger partial charge < -0.3 is 19.9 Å². The first-order valence-electron chi connectivity index (χ1n) is 7.28. The Balaban J connectivity index is 2.21. The molecule has 1 amide bonds. The molecule has 0 aromatic heterocycles. The predicted molar refractivity (Wildman–Crippen MR) is 77.3 cm³/mol. The molecule has 1 N–H and O–H groups in total. The summed E-state index contributed by atoms with van der Waals surface area (Å²) < 4.78 is 5.08. The van der Waals surface area contributed by atoms with Crippen LogP contribution in [-0.4, -0.2) is 75.7 Å². The fraction of sp³-hybridized carbons (Fsp3) is 0.929. The third-order valence-electron chi connectivity index (χ3n) is 3.30. The van der Waals surface area contributed by atoms with Crippen LogP contribution in [-0.2, 0) is 9.53 Å². The second kappa shape index (κ2) is 9.28. The van der Waals surface area contributed by atoms with Crippen molar-refractivity contribution in [3.8, 4) is 0 Å². The number of nitrogens with zero attached hydrogens (tertiary/aromatic N) is 2. The summed E-state index contributed by atoms with van der Waals surface area (Å²) >= 11 is 0. The highest BCUT2D eigenvalue weighted by Crippen LogP contribution is 2.18. The number of rotatable bonds is 11. The number of nitrogens with one attached hydrogen (secondary N) is 1. The lowest BCUT2D eigenvalue weighted by Gasteiger charge is -2.23. The van der Waals surface area contributed by atoms with Crippen molar-refractivity contribution in [3.63, 3.8) is 0 Å². The van der Waals surface area contributed by atoms with E-state index in [1.54, 1.807) is 7.11 Å². The van der Waals surface area contributed by atoms with E-state index in [0.717, 1.165) is 26.1 Å². The molecule has 1 fully saturated rings. The van der Waals surface area contributed by atoms with E-state index in [0.29, 0.717) is 25.6 Å². The van der Waals surface area contributed by atoms with Gasteiger partial charge in [0.15, 0.2) is 0 Å². The summed E-state index contributed by atoms with van der Waals surface area (Å²) in [6.45, 7) is 3.96. The molecule has 0 aromatic rings. The van der Waals surface area contributed by atoms with Gasteiger partial charge in [-0.15, -0.1) is 0 Å². The maximum Gasteiger partial charge on any atom is 0.223 e. The van der Waals surface area contributed by atoms with Crippen LogP contribution in [0.3, 0.4) is 0 Å². The summed E-state index contributed by atoms with van der Waals surface area (Å²) in [5, 5.41) is 3.39. The van der Waals surface area contributed by atoms with Crippen molar-refractivity contribution in [2.75, 3.05) is 54.0 Å². The summed E-state index contributed by atoms with van der Waals surface area (Å²) in [7, 11) is 5.79. The maximum atomic E-state index is 12.1. The Morgan fingerprint density at radius 1 is 1.26 bits per heavy atom. The quantitative estimate of drug-likeness (QED) is 0.596. The molecular formula is C14H29N3O2. The van der Waals surface area contributed by atoms with Gasteiger partial charge in [-0.2, -0.15) is 0 Å². The average molecular weight is 271 g/mol. The Morgan fingerprint density at radius 3 is 2.58 bits per heavy atom. The summed E-state index contributed by atoms with van der Waals surface area (Å²) in [4.78, 5) is 16.2. The lowest BCUT2D eigenvalue weighted by atomic mass is 10.3. The van der Waals surface area contributed by atoms with Gasteiger partial charge in [0.05, 0.1) is 6.61 Å². The first-order chi connectivity index (χ1) is 9.13. The highest BCUT2D eigenvalue weighted by Gasteiger charge is 2.21. The molecule has 1 rings (SSSR count). The highest BCUT2D eigenvalue weighted by molar-refractivity contribution is 5.76. The third kappa shape index (κ3) is 8.18. The van der Waals surface area contributed by atoms with E-state index in [-0.39, 0.29) is 5.91 Å². The highest BCUT2D eigenvalue weighted by atomic mass is 16.5. The average Bonchev–Trinajstić information content (AvgIpc) is 3.17. The molecule has 5 heteroatoms. The van der Waals surface area contributed by atoms with Gasteiger partial charge in [-0.25, -0.2) is 0 Å². The second-order valence-corrected chi connectivity index (χ2v) is 5.51. The largest absolute Gasteiger partial charge is 0.383 e. The van der Waals surface area contributed by atoms with Crippen LogP contribution in [0.1, 0.15) is 25.7 Å². The normalized spacial score (nSPS) is 14.9. The minimum atomic E-state index is 0.240. The van der Waals surface area contributed by atoms with Crippen molar-refractivity contribution < 1.29 is 9.53 Å². The van der Waals surface area contributed by atoms with Crippen molar-refractivity contribution in [2.45, 2.75) is 31.7 Å². The summed E-state index contributed by atoms with van der Waals surface area (Å²) in [6, 6.07) is 0.675. The van der Waals surface area contributed by atoms with Crippen LogP contribution in [0, 0.1) is 0 Å². The molecule has 112 valence electrons. The monoisotopic (exact) mass is 271 g/mol. The molecule has 1 aliphatic rings. The van der Waals surface area contributed by atoms with Crippen LogP contribution in [0.4, 0.5) is 0 Å². The molecule has 0 aromatic carbocycles. The number of carbonyl (C=O) groups is 1. The van der Waals surface area contributed by atoms with Crippen LogP contribution >= 0.6 is 0 Å². The van der Waals surface area contributed by atoms with E-state index < -0.39 is 0 Å². The molecule has 0 saturated heterocycles. The van der Waals surface area contributed by atoms with Crippen LogP contribution < -0.4 is 5.32 Å². The van der Waals surface area contributed by atoms with Gasteiger partial charge in [0.25, 0.3) is 0 Å². The van der Waals surface area contributed by atoms with Crippen LogP contribution in [0.15, 0.2) is 0 Å². The molecule has 0 radical (unpaired) electrons. The van der Waals surface area contributed by atoms with Crippen molar-refractivity contribution in [2.24, 2.45) is 0 Å². The number of hydrogen-bond acceptors (Lipinski definition) is 4. The minimum absolute atomic E-state index is 0.240. The van der Waals surface area contributed by atoms with Gasteiger partial charge >= 0.3 is 0 Å². The van der Waals surface area contributed by atoms with Crippen LogP contribution in [0.2, 0.25) is 0 Å². The standard InChI is InChI=1S/C14H29N3O2/c1-16(2)9-4-10-17(11-12-19-3)14(18)7-8-15-13-5-6-13/h13,15H,4-12H2,1-3H3. The third-order valence-corrected chi connectivity index (χ3v) is 3.30. The Hall–Kier alpha value is -0.650. The number of hydrogen-bond donors (Lipinski definition) is 1. The zero-order chi connectivity index (χ0) is 14.1. The van der Waals surface area contributed by atoms with Crippen molar-refractivity contribution in [1.82, 2.24) is 15.1 Å². The summed E-state index contributed by atoms with van der Waals surface area (Å²) in [5.41, 5.74) is 0. The zero-order valence-corrected chi connectivity index (χ0v) is 12.7. The number of methoxy groups -OCH3 is 1. The van der Waals surface area contributed by atoms with Crippen LogP contribution in [0.25, 0.3) is 0 Å². The van der Waals surface area contributed by atoms with E-state index in [4.69, 9.17) is 4.74 Å². The first-order valence-corrected chi connectivity index (χ1v) is 7.28. The Morgan fingerprint density at radius 2 is 2.00 bits per heavy atom. The number of ether oxygens (including phenoxy) is 1. The Bertz CT molecular complexity index is 255. The molecule has 1 saturated carbocycles. The van der Waals surface area contributed by atoms with Crippen LogP contribution in [0.5, 0.6) is 0 Å². The van der Waals surface area contributed by atoms with E-state index >= 15 is 0 Å². The molecule has 19 heavy (non-hydrogen) atoms. The van der Waals surface area contributed by atoms with E-state index in [2.05, 4.69) is 24.3 Å². The SMILES string of the molecule is COCCN(CCCN(C)C)C(=O)CCNC1CC1. The molecular weight excluding hydrogens is 242 g/mol. The predicted octanol–water partition coefficient (Wildman–Crippen LogP) is 0.555. The Labute approximate surface area is 117 Å². The fourth-order valence-corrected chi connectivity index (χ4v) is 1.97. The van der Waals surface area contributed by atoms with Crippen molar-refractivity contribution >= 4 is 5.91 Å². The maximum absolute atomic E-state index is 12.1. The van der Waals surface area contributed by atoms with E-state index in [1.165, 1.54) is 12.8 Å². The molecule has 0 aliphatic heterocycles. The smallest absolute Gasteiger partial charge is 0.223 e. The van der Waals surface area contributed by atoms with Gasteiger partial charge in [-0.05, 0) is 39.9 Å². The van der Waals surface area contributed by atoms with Gasteiger partial charge in [0, 0.05) is 39.2 Å². The lowest BCUT2D eigenvalue weighted by Crippen LogP contribution is -2.37. The molecule has 0 bridgehead atoms. The molecule has 0 atom stereocenters. The minimum Gasteiger partial charge on any atom is -0.383 e. The van der Waals surface area contributed by atoms with Gasteiger partial charge in [-0.3, -0.25) is 4.79 Å². The Kier molecular flexibility index (Phi) is 8.02. The molecule has 5 nitrogen and oxygen atoms in total. The lowest BCUT2D eigenvalue weighted by molar-refractivity contribution is -0.131.